The standard InChI is InChI=1S/C30H38/c1-3-5-7-9-11-13-15-17-19-21-23-25-27-29-30-28-26-24-22-20-18-16-14-12-10-8-6-4-2/h3,5,7,9,11,13-30H,1,4,6,8,10,12H2,2H3. The van der Waals surface area contributed by atoms with Crippen molar-refractivity contribution in [2.45, 2.75) is 39.0 Å². The smallest absolute Gasteiger partial charge is 0.0348 e. The SMILES string of the molecule is C=CC=CC=CC=CC=CC=CC=CC=CC=CC=CC=CC=CCCCCCC. The highest BCUT2D eigenvalue weighted by molar-refractivity contribution is 5.23. The molecule has 0 aromatic rings. The maximum Gasteiger partial charge on any atom is -0.0348 e. The predicted octanol–water partition coefficient (Wildman–Crippen LogP) is 9.26. The Bertz CT molecular complexity index is 707. The van der Waals surface area contributed by atoms with E-state index in [4.69, 9.17) is 0 Å². The Hall–Kier alpha value is -3.12. The van der Waals surface area contributed by atoms with Crippen LogP contribution in [0.15, 0.2) is 146 Å². The van der Waals surface area contributed by atoms with Crippen LogP contribution < -0.4 is 0 Å². The fraction of sp³-hybridized carbons (Fsp3) is 0.200. The number of hydrogen-bond donors (Lipinski definition) is 0. The molecule has 0 aromatic heterocycles. The summed E-state index contributed by atoms with van der Waals surface area (Å²) in [6, 6.07) is 0. The van der Waals surface area contributed by atoms with Crippen LogP contribution in [0.5, 0.6) is 0 Å². The molecule has 0 heterocycles. The van der Waals surface area contributed by atoms with E-state index in [1.807, 2.05) is 109 Å². The lowest BCUT2D eigenvalue weighted by atomic mass is 10.1. The van der Waals surface area contributed by atoms with E-state index in [9.17, 15) is 0 Å². The summed E-state index contributed by atoms with van der Waals surface area (Å²) in [5.41, 5.74) is 0. The second-order valence-electron chi connectivity index (χ2n) is 6.36. The zero-order valence-electron chi connectivity index (χ0n) is 18.5. The third-order valence-electron chi connectivity index (χ3n) is 3.72. The van der Waals surface area contributed by atoms with E-state index in [-0.39, 0.29) is 0 Å². The molecule has 0 aliphatic carbocycles. The molecule has 0 nitrogen and oxygen atoms in total. The van der Waals surface area contributed by atoms with Crippen LogP contribution in [0.4, 0.5) is 0 Å². The normalized spacial score (nSPS) is 14.2. The molecule has 30 heavy (non-hydrogen) atoms. The average Bonchev–Trinajstić information content (AvgIpc) is 2.76. The fourth-order valence-corrected chi connectivity index (χ4v) is 2.16. The van der Waals surface area contributed by atoms with Crippen LogP contribution in [-0.2, 0) is 0 Å². The van der Waals surface area contributed by atoms with Crippen LogP contribution in [0.25, 0.3) is 0 Å². The molecule has 0 atom stereocenters. The summed E-state index contributed by atoms with van der Waals surface area (Å²) >= 11 is 0. The van der Waals surface area contributed by atoms with E-state index < -0.39 is 0 Å². The second-order valence-corrected chi connectivity index (χ2v) is 6.36. The molecule has 0 rings (SSSR count). The van der Waals surface area contributed by atoms with E-state index >= 15 is 0 Å². The molecule has 0 amide bonds. The van der Waals surface area contributed by atoms with Gasteiger partial charge in [-0.3, -0.25) is 0 Å². The Balaban J connectivity index is 3.85. The largest absolute Gasteiger partial charge is 0.0991 e. The van der Waals surface area contributed by atoms with Crippen molar-refractivity contribution < 1.29 is 0 Å². The first kappa shape index (κ1) is 26.9. The fourth-order valence-electron chi connectivity index (χ4n) is 2.16. The van der Waals surface area contributed by atoms with Gasteiger partial charge in [-0.05, 0) is 12.8 Å². The highest BCUT2D eigenvalue weighted by atomic mass is 13.9. The Labute approximate surface area is 185 Å². The molecule has 0 aromatic carbocycles. The van der Waals surface area contributed by atoms with Crippen molar-refractivity contribution in [1.82, 2.24) is 0 Å². The van der Waals surface area contributed by atoms with Gasteiger partial charge in [0.1, 0.15) is 0 Å². The Morgan fingerprint density at radius 1 is 0.400 bits per heavy atom. The van der Waals surface area contributed by atoms with Gasteiger partial charge in [0, 0.05) is 0 Å². The van der Waals surface area contributed by atoms with Gasteiger partial charge in [0.2, 0.25) is 0 Å². The van der Waals surface area contributed by atoms with Gasteiger partial charge in [-0.25, -0.2) is 0 Å². The molecule has 158 valence electrons. The number of hydrogen-bond acceptors (Lipinski definition) is 0. The average molecular weight is 399 g/mol. The second kappa shape index (κ2) is 25.9. The van der Waals surface area contributed by atoms with Crippen LogP contribution >= 0.6 is 0 Å². The van der Waals surface area contributed by atoms with Crippen molar-refractivity contribution in [2.24, 2.45) is 0 Å². The molecule has 0 unspecified atom stereocenters. The minimum absolute atomic E-state index is 1.18. The maximum absolute atomic E-state index is 3.62. The van der Waals surface area contributed by atoms with Gasteiger partial charge < -0.3 is 0 Å². The first-order valence-electron chi connectivity index (χ1n) is 10.9. The summed E-state index contributed by atoms with van der Waals surface area (Å²) < 4.78 is 0. The van der Waals surface area contributed by atoms with Crippen molar-refractivity contribution in [3.05, 3.63) is 146 Å². The van der Waals surface area contributed by atoms with Crippen LogP contribution in [-0.4, -0.2) is 0 Å². The van der Waals surface area contributed by atoms with Crippen molar-refractivity contribution in [2.75, 3.05) is 0 Å². The molecular formula is C30H38. The summed E-state index contributed by atoms with van der Waals surface area (Å²) in [5, 5.41) is 0. The molecule has 0 N–H and O–H groups in total. The third-order valence-corrected chi connectivity index (χ3v) is 3.72. The minimum Gasteiger partial charge on any atom is -0.0991 e. The molecule has 0 radical (unpaired) electrons. The summed E-state index contributed by atoms with van der Waals surface area (Å²) in [4.78, 5) is 0. The highest BCUT2D eigenvalue weighted by Crippen LogP contribution is 2.02. The van der Waals surface area contributed by atoms with E-state index in [2.05, 4.69) is 37.8 Å². The van der Waals surface area contributed by atoms with Gasteiger partial charge in [-0.1, -0.05) is 173 Å². The van der Waals surface area contributed by atoms with Crippen LogP contribution in [0.3, 0.4) is 0 Å². The van der Waals surface area contributed by atoms with E-state index in [1.165, 1.54) is 32.1 Å². The van der Waals surface area contributed by atoms with Crippen LogP contribution in [0.2, 0.25) is 0 Å². The first-order valence-corrected chi connectivity index (χ1v) is 10.9. The predicted molar refractivity (Wildman–Crippen MR) is 139 cm³/mol. The Morgan fingerprint density at radius 3 is 1.07 bits per heavy atom. The van der Waals surface area contributed by atoms with Gasteiger partial charge in [-0.2, -0.15) is 0 Å². The van der Waals surface area contributed by atoms with E-state index in [0.717, 1.165) is 0 Å². The van der Waals surface area contributed by atoms with Crippen molar-refractivity contribution in [3.63, 3.8) is 0 Å². The quantitative estimate of drug-likeness (QED) is 0.179. The zero-order chi connectivity index (χ0) is 21.8. The summed E-state index contributed by atoms with van der Waals surface area (Å²) in [5.74, 6) is 0. The molecule has 0 saturated carbocycles. The summed E-state index contributed by atoms with van der Waals surface area (Å²) in [6.07, 6.45) is 52.6. The summed E-state index contributed by atoms with van der Waals surface area (Å²) in [7, 11) is 0. The van der Waals surface area contributed by atoms with Gasteiger partial charge in [-0.15, -0.1) is 0 Å². The number of unbranched alkanes of at least 4 members (excludes halogenated alkanes) is 4. The Morgan fingerprint density at radius 2 is 0.733 bits per heavy atom. The van der Waals surface area contributed by atoms with Gasteiger partial charge in [0.25, 0.3) is 0 Å². The van der Waals surface area contributed by atoms with Crippen molar-refractivity contribution >= 4 is 0 Å². The van der Waals surface area contributed by atoms with Gasteiger partial charge >= 0.3 is 0 Å². The maximum atomic E-state index is 3.62. The monoisotopic (exact) mass is 398 g/mol. The van der Waals surface area contributed by atoms with Crippen LogP contribution in [0.1, 0.15) is 39.0 Å². The van der Waals surface area contributed by atoms with E-state index in [1.54, 1.807) is 6.08 Å². The Kier molecular flexibility index (Phi) is 23.2. The molecule has 0 spiro atoms. The minimum atomic E-state index is 1.18. The molecule has 0 aliphatic rings. The van der Waals surface area contributed by atoms with E-state index in [0.29, 0.717) is 0 Å². The first-order chi connectivity index (χ1) is 14.9. The highest BCUT2D eigenvalue weighted by Gasteiger charge is 1.82. The summed E-state index contributed by atoms with van der Waals surface area (Å²) in [6.45, 7) is 5.86. The van der Waals surface area contributed by atoms with Crippen molar-refractivity contribution in [3.8, 4) is 0 Å². The topological polar surface area (TPSA) is 0 Å². The number of rotatable bonds is 16. The molecule has 0 saturated heterocycles. The molecule has 0 heteroatoms. The lowest BCUT2D eigenvalue weighted by Crippen LogP contribution is -1.72. The lowest BCUT2D eigenvalue weighted by Gasteiger charge is -1.92. The third kappa shape index (κ3) is 24.9. The number of allylic oxidation sites excluding steroid dienone is 23. The van der Waals surface area contributed by atoms with Crippen molar-refractivity contribution in [1.29, 1.82) is 0 Å². The molecular weight excluding hydrogens is 360 g/mol. The molecule has 0 fully saturated rings. The van der Waals surface area contributed by atoms with Crippen LogP contribution in [0, 0.1) is 0 Å². The zero-order valence-corrected chi connectivity index (χ0v) is 18.5. The molecule has 0 aliphatic heterocycles. The van der Waals surface area contributed by atoms with Gasteiger partial charge in [0.05, 0.1) is 0 Å². The van der Waals surface area contributed by atoms with Gasteiger partial charge in [0.15, 0.2) is 0 Å². The lowest BCUT2D eigenvalue weighted by molar-refractivity contribution is 0.674. The molecule has 0 bridgehead atoms.